The van der Waals surface area contributed by atoms with Crippen molar-refractivity contribution in [2.45, 2.75) is 13.0 Å². The number of aromatic hydroxyl groups is 1. The number of nitrogens with one attached hydrogen (secondary N) is 1. The average molecular weight is 278 g/mol. The molecule has 0 spiro atoms. The molecule has 3 nitrogen and oxygen atoms in total. The Morgan fingerprint density at radius 2 is 1.95 bits per heavy atom. The van der Waals surface area contributed by atoms with Gasteiger partial charge in [0.2, 0.25) is 0 Å². The van der Waals surface area contributed by atoms with Crippen LogP contribution in [0, 0.1) is 0 Å². The monoisotopic (exact) mass is 277 g/mol. The van der Waals surface area contributed by atoms with E-state index in [1.807, 2.05) is 25.1 Å². The molecule has 0 aliphatic rings. The van der Waals surface area contributed by atoms with Crippen molar-refractivity contribution in [3.05, 3.63) is 53.1 Å². The summed E-state index contributed by atoms with van der Waals surface area (Å²) in [6.45, 7) is 1.96. The average Bonchev–Trinajstić information content (AvgIpc) is 2.41. The van der Waals surface area contributed by atoms with Crippen LogP contribution in [0.5, 0.6) is 11.5 Å². The summed E-state index contributed by atoms with van der Waals surface area (Å²) in [6, 6.07) is 12.6. The topological polar surface area (TPSA) is 41.5 Å². The standard InChI is InChI=1S/C15H16ClNO2/c1-10(12-5-3-4-6-15(12)18)17-14-9-11(19-2)7-8-13(14)16/h3-10,17-18H,1-2H3. The number of rotatable bonds is 4. The molecule has 0 aromatic heterocycles. The quantitative estimate of drug-likeness (QED) is 0.879. The van der Waals surface area contributed by atoms with Gasteiger partial charge in [-0.25, -0.2) is 0 Å². The summed E-state index contributed by atoms with van der Waals surface area (Å²) in [5.41, 5.74) is 1.60. The Morgan fingerprint density at radius 3 is 2.63 bits per heavy atom. The molecule has 0 radical (unpaired) electrons. The number of para-hydroxylation sites is 1. The Kier molecular flexibility index (Phi) is 4.17. The van der Waals surface area contributed by atoms with Crippen molar-refractivity contribution in [1.82, 2.24) is 0 Å². The van der Waals surface area contributed by atoms with E-state index in [2.05, 4.69) is 5.32 Å². The normalized spacial score (nSPS) is 11.9. The number of hydrogen-bond acceptors (Lipinski definition) is 3. The summed E-state index contributed by atoms with van der Waals surface area (Å²) < 4.78 is 5.17. The van der Waals surface area contributed by atoms with Crippen molar-refractivity contribution in [2.24, 2.45) is 0 Å². The third-order valence-corrected chi connectivity index (χ3v) is 3.28. The number of hydrogen-bond donors (Lipinski definition) is 2. The SMILES string of the molecule is COc1ccc(Cl)c(NC(C)c2ccccc2O)c1. The predicted octanol–water partition coefficient (Wildman–Crippen LogP) is 4.23. The zero-order valence-electron chi connectivity index (χ0n) is 10.9. The molecular formula is C15H16ClNO2. The Labute approximate surface area is 117 Å². The lowest BCUT2D eigenvalue weighted by Gasteiger charge is -2.18. The fourth-order valence-electron chi connectivity index (χ4n) is 1.91. The van der Waals surface area contributed by atoms with Crippen molar-refractivity contribution < 1.29 is 9.84 Å². The number of phenols is 1. The van der Waals surface area contributed by atoms with Gasteiger partial charge >= 0.3 is 0 Å². The summed E-state index contributed by atoms with van der Waals surface area (Å²) in [5, 5.41) is 13.7. The number of benzene rings is 2. The van der Waals surface area contributed by atoms with E-state index in [4.69, 9.17) is 16.3 Å². The predicted molar refractivity (Wildman–Crippen MR) is 78.1 cm³/mol. The van der Waals surface area contributed by atoms with E-state index in [1.165, 1.54) is 0 Å². The first kappa shape index (κ1) is 13.6. The molecule has 2 rings (SSSR count). The van der Waals surface area contributed by atoms with Crippen LogP contribution in [-0.4, -0.2) is 12.2 Å². The third kappa shape index (κ3) is 3.12. The highest BCUT2D eigenvalue weighted by molar-refractivity contribution is 6.33. The van der Waals surface area contributed by atoms with Crippen molar-refractivity contribution in [2.75, 3.05) is 12.4 Å². The molecule has 0 aliphatic carbocycles. The Hall–Kier alpha value is -1.87. The first-order valence-electron chi connectivity index (χ1n) is 6.00. The lowest BCUT2D eigenvalue weighted by molar-refractivity contribution is 0.415. The van der Waals surface area contributed by atoms with Gasteiger partial charge in [-0.1, -0.05) is 29.8 Å². The van der Waals surface area contributed by atoms with Crippen LogP contribution in [0.3, 0.4) is 0 Å². The lowest BCUT2D eigenvalue weighted by Crippen LogP contribution is -2.07. The molecule has 2 aromatic carbocycles. The van der Waals surface area contributed by atoms with Gasteiger partial charge in [-0.2, -0.15) is 0 Å². The minimum Gasteiger partial charge on any atom is -0.508 e. The maximum absolute atomic E-state index is 9.83. The second-order valence-electron chi connectivity index (χ2n) is 4.27. The molecule has 0 bridgehead atoms. The summed E-state index contributed by atoms with van der Waals surface area (Å²) in [5.74, 6) is 0.998. The van der Waals surface area contributed by atoms with Crippen LogP contribution in [0.2, 0.25) is 5.02 Å². The summed E-state index contributed by atoms with van der Waals surface area (Å²) in [4.78, 5) is 0. The lowest BCUT2D eigenvalue weighted by atomic mass is 10.1. The summed E-state index contributed by atoms with van der Waals surface area (Å²) in [7, 11) is 1.61. The van der Waals surface area contributed by atoms with Crippen molar-refractivity contribution >= 4 is 17.3 Å². The van der Waals surface area contributed by atoms with E-state index < -0.39 is 0 Å². The Bertz CT molecular complexity index is 572. The smallest absolute Gasteiger partial charge is 0.121 e. The molecule has 2 aromatic rings. The molecule has 0 saturated carbocycles. The van der Waals surface area contributed by atoms with E-state index in [0.717, 1.165) is 17.0 Å². The molecule has 0 heterocycles. The fourth-order valence-corrected chi connectivity index (χ4v) is 2.08. The minimum absolute atomic E-state index is 0.0641. The van der Waals surface area contributed by atoms with Gasteiger partial charge < -0.3 is 15.2 Å². The molecule has 100 valence electrons. The molecule has 0 saturated heterocycles. The molecule has 2 N–H and O–H groups in total. The highest BCUT2D eigenvalue weighted by Crippen LogP contribution is 2.32. The molecule has 1 atom stereocenters. The van der Waals surface area contributed by atoms with Gasteiger partial charge in [0.1, 0.15) is 11.5 Å². The van der Waals surface area contributed by atoms with Gasteiger partial charge in [0.15, 0.2) is 0 Å². The van der Waals surface area contributed by atoms with Crippen molar-refractivity contribution in [3.63, 3.8) is 0 Å². The maximum Gasteiger partial charge on any atom is 0.121 e. The second kappa shape index (κ2) is 5.85. The second-order valence-corrected chi connectivity index (χ2v) is 4.68. The van der Waals surface area contributed by atoms with E-state index in [0.29, 0.717) is 5.02 Å². The molecule has 0 fully saturated rings. The third-order valence-electron chi connectivity index (χ3n) is 2.95. The van der Waals surface area contributed by atoms with Crippen molar-refractivity contribution in [3.8, 4) is 11.5 Å². The van der Waals surface area contributed by atoms with E-state index >= 15 is 0 Å². The first-order valence-corrected chi connectivity index (χ1v) is 6.37. The number of ether oxygens (including phenoxy) is 1. The van der Waals surface area contributed by atoms with Gasteiger partial charge in [0.05, 0.1) is 23.9 Å². The van der Waals surface area contributed by atoms with Crippen LogP contribution in [-0.2, 0) is 0 Å². The zero-order valence-corrected chi connectivity index (χ0v) is 11.6. The molecule has 4 heteroatoms. The minimum atomic E-state index is -0.0641. The first-order chi connectivity index (χ1) is 9.11. The van der Waals surface area contributed by atoms with Crippen LogP contribution in [0.4, 0.5) is 5.69 Å². The van der Waals surface area contributed by atoms with Crippen LogP contribution in [0.15, 0.2) is 42.5 Å². The Balaban J connectivity index is 2.24. The van der Waals surface area contributed by atoms with Crippen LogP contribution < -0.4 is 10.1 Å². The highest BCUT2D eigenvalue weighted by atomic mass is 35.5. The molecule has 0 aliphatic heterocycles. The number of methoxy groups -OCH3 is 1. The van der Waals surface area contributed by atoms with E-state index in [9.17, 15) is 5.11 Å². The molecular weight excluding hydrogens is 262 g/mol. The molecule has 1 unspecified atom stereocenters. The summed E-state index contributed by atoms with van der Waals surface area (Å²) >= 11 is 6.14. The van der Waals surface area contributed by atoms with Gasteiger partial charge in [-0.05, 0) is 25.1 Å². The van der Waals surface area contributed by atoms with Gasteiger partial charge in [-0.3, -0.25) is 0 Å². The van der Waals surface area contributed by atoms with Gasteiger partial charge in [0.25, 0.3) is 0 Å². The maximum atomic E-state index is 9.83. The Morgan fingerprint density at radius 1 is 1.21 bits per heavy atom. The van der Waals surface area contributed by atoms with E-state index in [-0.39, 0.29) is 11.8 Å². The van der Waals surface area contributed by atoms with E-state index in [1.54, 1.807) is 31.4 Å². The highest BCUT2D eigenvalue weighted by Gasteiger charge is 2.11. The number of phenolic OH excluding ortho intramolecular Hbond substituents is 1. The molecule has 19 heavy (non-hydrogen) atoms. The van der Waals surface area contributed by atoms with Crippen LogP contribution in [0.1, 0.15) is 18.5 Å². The van der Waals surface area contributed by atoms with Crippen molar-refractivity contribution in [1.29, 1.82) is 0 Å². The van der Waals surface area contributed by atoms with Gasteiger partial charge in [-0.15, -0.1) is 0 Å². The number of anilines is 1. The number of halogens is 1. The largest absolute Gasteiger partial charge is 0.508 e. The zero-order chi connectivity index (χ0) is 13.8. The van der Waals surface area contributed by atoms with Crippen LogP contribution >= 0.6 is 11.6 Å². The van der Waals surface area contributed by atoms with Crippen LogP contribution in [0.25, 0.3) is 0 Å². The fraction of sp³-hybridized carbons (Fsp3) is 0.200. The molecule has 0 amide bonds. The summed E-state index contributed by atoms with van der Waals surface area (Å²) in [6.07, 6.45) is 0. The van der Waals surface area contributed by atoms with Gasteiger partial charge in [0, 0.05) is 11.6 Å².